The summed E-state index contributed by atoms with van der Waals surface area (Å²) in [5.74, 6) is 0. The molecule has 2 nitrogen and oxygen atoms in total. The van der Waals surface area contributed by atoms with Crippen molar-refractivity contribution in [2.24, 2.45) is 5.41 Å². The molecule has 0 atom stereocenters. The van der Waals surface area contributed by atoms with E-state index in [-0.39, 0.29) is 0 Å². The van der Waals surface area contributed by atoms with E-state index in [1.54, 1.807) is 0 Å². The van der Waals surface area contributed by atoms with Crippen LogP contribution in [-0.2, 0) is 4.74 Å². The van der Waals surface area contributed by atoms with Gasteiger partial charge in [-0.1, -0.05) is 6.92 Å². The molecule has 0 aromatic carbocycles. The Hall–Kier alpha value is -0.0800. The highest BCUT2D eigenvalue weighted by Crippen LogP contribution is 2.36. The molecular weight excluding hydrogens is 150 g/mol. The zero-order valence-electron chi connectivity index (χ0n) is 8.01. The Balaban J connectivity index is 1.85. The number of piperidine rings is 1. The van der Waals surface area contributed by atoms with Crippen molar-refractivity contribution in [3.05, 3.63) is 0 Å². The van der Waals surface area contributed by atoms with Gasteiger partial charge in [0.2, 0.25) is 0 Å². The third kappa shape index (κ3) is 1.50. The average Bonchev–Trinajstić information content (AvgIpc) is 2.03. The van der Waals surface area contributed by atoms with Crippen molar-refractivity contribution >= 4 is 0 Å². The van der Waals surface area contributed by atoms with E-state index in [1.165, 1.54) is 38.9 Å². The van der Waals surface area contributed by atoms with Gasteiger partial charge in [-0.2, -0.15) is 0 Å². The Bertz CT molecular complexity index is 152. The van der Waals surface area contributed by atoms with Crippen LogP contribution < -0.4 is 0 Å². The lowest BCUT2D eigenvalue weighted by molar-refractivity contribution is -0.143. The average molecular weight is 169 g/mol. The van der Waals surface area contributed by atoms with E-state index in [0.29, 0.717) is 5.41 Å². The van der Waals surface area contributed by atoms with Crippen LogP contribution >= 0.6 is 0 Å². The Morgan fingerprint density at radius 2 is 2.25 bits per heavy atom. The summed E-state index contributed by atoms with van der Waals surface area (Å²) in [4.78, 5) is 2.60. The SMILES string of the molecule is CCCN1CCCC2(COC2)C1. The fourth-order valence-electron chi connectivity index (χ4n) is 2.44. The van der Waals surface area contributed by atoms with Gasteiger partial charge in [-0.25, -0.2) is 0 Å². The fourth-order valence-corrected chi connectivity index (χ4v) is 2.44. The number of rotatable bonds is 2. The van der Waals surface area contributed by atoms with Crippen molar-refractivity contribution < 1.29 is 4.74 Å². The number of hydrogen-bond donors (Lipinski definition) is 0. The van der Waals surface area contributed by atoms with Gasteiger partial charge in [0.1, 0.15) is 0 Å². The lowest BCUT2D eigenvalue weighted by Gasteiger charge is -2.48. The van der Waals surface area contributed by atoms with Gasteiger partial charge in [-0.15, -0.1) is 0 Å². The molecule has 0 aliphatic carbocycles. The van der Waals surface area contributed by atoms with E-state index < -0.39 is 0 Å². The van der Waals surface area contributed by atoms with E-state index in [4.69, 9.17) is 4.74 Å². The summed E-state index contributed by atoms with van der Waals surface area (Å²) in [6, 6.07) is 0. The van der Waals surface area contributed by atoms with Crippen molar-refractivity contribution in [1.29, 1.82) is 0 Å². The van der Waals surface area contributed by atoms with Crippen LogP contribution in [0.15, 0.2) is 0 Å². The quantitative estimate of drug-likeness (QED) is 0.621. The summed E-state index contributed by atoms with van der Waals surface area (Å²) < 4.78 is 5.32. The molecule has 1 spiro atoms. The summed E-state index contributed by atoms with van der Waals surface area (Å²) in [6.45, 7) is 8.19. The molecule has 0 aromatic heterocycles. The molecule has 0 unspecified atom stereocenters. The molecule has 0 N–H and O–H groups in total. The van der Waals surface area contributed by atoms with Crippen molar-refractivity contribution in [1.82, 2.24) is 4.90 Å². The van der Waals surface area contributed by atoms with E-state index in [0.717, 1.165) is 13.2 Å². The first kappa shape index (κ1) is 8.52. The Kier molecular flexibility index (Phi) is 2.37. The Morgan fingerprint density at radius 1 is 1.42 bits per heavy atom. The van der Waals surface area contributed by atoms with Crippen molar-refractivity contribution in [2.75, 3.05) is 32.8 Å². The summed E-state index contributed by atoms with van der Waals surface area (Å²) in [5.41, 5.74) is 0.577. The van der Waals surface area contributed by atoms with Gasteiger partial charge in [0.25, 0.3) is 0 Å². The molecule has 0 bridgehead atoms. The molecule has 0 aromatic rings. The molecule has 2 fully saturated rings. The summed E-state index contributed by atoms with van der Waals surface area (Å²) in [5, 5.41) is 0. The minimum atomic E-state index is 0.577. The topological polar surface area (TPSA) is 12.5 Å². The van der Waals surface area contributed by atoms with Gasteiger partial charge in [0.05, 0.1) is 13.2 Å². The lowest BCUT2D eigenvalue weighted by Crippen LogP contribution is -2.54. The number of nitrogens with zero attached hydrogens (tertiary/aromatic N) is 1. The van der Waals surface area contributed by atoms with Gasteiger partial charge in [0.15, 0.2) is 0 Å². The van der Waals surface area contributed by atoms with Gasteiger partial charge in [0, 0.05) is 12.0 Å². The molecular formula is C10H19NO. The maximum absolute atomic E-state index is 5.32. The largest absolute Gasteiger partial charge is 0.380 e. The maximum atomic E-state index is 5.32. The molecule has 0 amide bonds. The predicted octanol–water partition coefficient (Wildman–Crippen LogP) is 1.51. The molecule has 2 aliphatic heterocycles. The normalized spacial score (nSPS) is 28.8. The lowest BCUT2D eigenvalue weighted by atomic mass is 9.78. The molecule has 70 valence electrons. The summed E-state index contributed by atoms with van der Waals surface area (Å²) >= 11 is 0. The predicted molar refractivity (Wildman–Crippen MR) is 49.2 cm³/mol. The second kappa shape index (κ2) is 3.35. The first-order chi connectivity index (χ1) is 5.85. The van der Waals surface area contributed by atoms with Crippen LogP contribution in [-0.4, -0.2) is 37.7 Å². The molecule has 0 radical (unpaired) electrons. The van der Waals surface area contributed by atoms with Crippen LogP contribution in [0.5, 0.6) is 0 Å². The monoisotopic (exact) mass is 169 g/mol. The zero-order chi connectivity index (χ0) is 8.44. The second-order valence-electron chi connectivity index (χ2n) is 4.37. The van der Waals surface area contributed by atoms with E-state index in [9.17, 15) is 0 Å². The van der Waals surface area contributed by atoms with Gasteiger partial charge in [-0.3, -0.25) is 0 Å². The highest BCUT2D eigenvalue weighted by molar-refractivity contribution is 4.91. The Morgan fingerprint density at radius 3 is 2.83 bits per heavy atom. The minimum Gasteiger partial charge on any atom is -0.380 e. The van der Waals surface area contributed by atoms with Crippen LogP contribution in [0.4, 0.5) is 0 Å². The highest BCUT2D eigenvalue weighted by atomic mass is 16.5. The molecule has 2 heterocycles. The number of likely N-dealkylation sites (tertiary alicyclic amines) is 1. The van der Waals surface area contributed by atoms with Crippen LogP contribution in [0.25, 0.3) is 0 Å². The van der Waals surface area contributed by atoms with Gasteiger partial charge < -0.3 is 9.64 Å². The third-order valence-corrected chi connectivity index (χ3v) is 3.10. The summed E-state index contributed by atoms with van der Waals surface area (Å²) in [6.07, 6.45) is 4.06. The minimum absolute atomic E-state index is 0.577. The number of hydrogen-bond acceptors (Lipinski definition) is 2. The number of ether oxygens (including phenoxy) is 1. The van der Waals surface area contributed by atoms with Gasteiger partial charge in [-0.05, 0) is 32.4 Å². The fraction of sp³-hybridized carbons (Fsp3) is 1.00. The van der Waals surface area contributed by atoms with Gasteiger partial charge >= 0.3 is 0 Å². The highest BCUT2D eigenvalue weighted by Gasteiger charge is 2.41. The summed E-state index contributed by atoms with van der Waals surface area (Å²) in [7, 11) is 0. The van der Waals surface area contributed by atoms with Crippen molar-refractivity contribution in [3.63, 3.8) is 0 Å². The van der Waals surface area contributed by atoms with E-state index in [1.807, 2.05) is 0 Å². The molecule has 12 heavy (non-hydrogen) atoms. The van der Waals surface area contributed by atoms with E-state index in [2.05, 4.69) is 11.8 Å². The maximum Gasteiger partial charge on any atom is 0.0557 e. The van der Waals surface area contributed by atoms with Crippen LogP contribution in [0.3, 0.4) is 0 Å². The third-order valence-electron chi connectivity index (χ3n) is 3.10. The van der Waals surface area contributed by atoms with Crippen molar-refractivity contribution in [2.45, 2.75) is 26.2 Å². The molecule has 0 saturated carbocycles. The van der Waals surface area contributed by atoms with Crippen LogP contribution in [0, 0.1) is 5.41 Å². The second-order valence-corrected chi connectivity index (χ2v) is 4.37. The van der Waals surface area contributed by atoms with E-state index >= 15 is 0 Å². The Labute approximate surface area is 74.9 Å². The molecule has 2 aliphatic rings. The van der Waals surface area contributed by atoms with Crippen LogP contribution in [0.2, 0.25) is 0 Å². The zero-order valence-corrected chi connectivity index (χ0v) is 8.01. The molecule has 2 rings (SSSR count). The first-order valence-electron chi connectivity index (χ1n) is 5.15. The molecule has 2 saturated heterocycles. The molecule has 2 heteroatoms. The first-order valence-corrected chi connectivity index (χ1v) is 5.15. The van der Waals surface area contributed by atoms with Crippen molar-refractivity contribution in [3.8, 4) is 0 Å². The van der Waals surface area contributed by atoms with Crippen LogP contribution in [0.1, 0.15) is 26.2 Å². The standard InChI is InChI=1S/C10H19NO/c1-2-5-11-6-3-4-10(7-11)8-12-9-10/h2-9H2,1H3. The smallest absolute Gasteiger partial charge is 0.0557 e.